The van der Waals surface area contributed by atoms with Crippen molar-refractivity contribution >= 4 is 11.6 Å². The van der Waals surface area contributed by atoms with Crippen LogP contribution in [0, 0.1) is 24.5 Å². The summed E-state index contributed by atoms with van der Waals surface area (Å²) >= 11 is 0. The molecule has 1 aromatic carbocycles. The van der Waals surface area contributed by atoms with Crippen LogP contribution >= 0.6 is 0 Å². The van der Waals surface area contributed by atoms with Crippen molar-refractivity contribution in [1.82, 2.24) is 19.6 Å². The number of aromatic nitrogens is 4. The van der Waals surface area contributed by atoms with Crippen LogP contribution in [0.2, 0.25) is 0 Å². The van der Waals surface area contributed by atoms with Crippen LogP contribution in [0.25, 0.3) is 16.9 Å². The van der Waals surface area contributed by atoms with Gasteiger partial charge in [0.15, 0.2) is 11.6 Å². The van der Waals surface area contributed by atoms with Crippen molar-refractivity contribution in [2.75, 3.05) is 25.1 Å². The molecule has 3 heterocycles. The smallest absolute Gasteiger partial charge is 0.254 e. The van der Waals surface area contributed by atoms with Crippen molar-refractivity contribution in [3.05, 3.63) is 35.8 Å². The molecule has 1 unspecified atom stereocenters. The first kappa shape index (κ1) is 16.7. The number of halogens is 2. The second kappa shape index (κ2) is 6.19. The fraction of sp³-hybridized carbons (Fsp3) is 0.389. The van der Waals surface area contributed by atoms with Crippen molar-refractivity contribution < 1.29 is 13.5 Å². The van der Waals surface area contributed by atoms with E-state index < -0.39 is 11.6 Å². The number of hydrogen-bond donors (Lipinski definition) is 0. The molecule has 1 saturated heterocycles. The fourth-order valence-electron chi connectivity index (χ4n) is 3.55. The van der Waals surface area contributed by atoms with Gasteiger partial charge in [0.25, 0.3) is 5.78 Å². The number of rotatable bonds is 3. The lowest BCUT2D eigenvalue weighted by atomic mass is 10.0. The van der Waals surface area contributed by atoms with E-state index in [1.807, 2.05) is 0 Å². The third kappa shape index (κ3) is 2.56. The number of anilines is 1. The quantitative estimate of drug-likeness (QED) is 0.719. The van der Waals surface area contributed by atoms with E-state index in [1.54, 1.807) is 11.4 Å². The van der Waals surface area contributed by atoms with Gasteiger partial charge in [0.2, 0.25) is 0 Å². The Morgan fingerprint density at radius 1 is 1.23 bits per heavy atom. The van der Waals surface area contributed by atoms with Crippen molar-refractivity contribution in [1.29, 1.82) is 0 Å². The summed E-state index contributed by atoms with van der Waals surface area (Å²) in [4.78, 5) is 10.7. The van der Waals surface area contributed by atoms with Gasteiger partial charge in [-0.2, -0.15) is 14.6 Å². The lowest BCUT2D eigenvalue weighted by Gasteiger charge is -2.23. The van der Waals surface area contributed by atoms with Crippen molar-refractivity contribution in [2.24, 2.45) is 5.92 Å². The molecule has 0 bridgehead atoms. The van der Waals surface area contributed by atoms with Gasteiger partial charge in [0.1, 0.15) is 18.0 Å². The highest BCUT2D eigenvalue weighted by molar-refractivity contribution is 5.80. The minimum atomic E-state index is -0.622. The Hall–Kier alpha value is -2.77. The average molecular weight is 359 g/mol. The summed E-state index contributed by atoms with van der Waals surface area (Å²) in [7, 11) is 1.31. The van der Waals surface area contributed by atoms with Gasteiger partial charge in [-0.3, -0.25) is 0 Å². The molecule has 0 aliphatic carbocycles. The van der Waals surface area contributed by atoms with Crippen molar-refractivity contribution in [3.8, 4) is 16.9 Å². The van der Waals surface area contributed by atoms with E-state index in [0.29, 0.717) is 28.8 Å². The minimum absolute atomic E-state index is 0.130. The van der Waals surface area contributed by atoms with E-state index in [4.69, 9.17) is 4.74 Å². The zero-order chi connectivity index (χ0) is 18.4. The molecule has 2 aromatic heterocycles. The van der Waals surface area contributed by atoms with Gasteiger partial charge in [0.05, 0.1) is 12.8 Å². The minimum Gasteiger partial charge on any atom is -0.494 e. The van der Waals surface area contributed by atoms with E-state index in [1.165, 1.54) is 13.4 Å². The van der Waals surface area contributed by atoms with Crippen molar-refractivity contribution in [3.63, 3.8) is 0 Å². The van der Waals surface area contributed by atoms with Crippen LogP contribution in [-0.2, 0) is 0 Å². The molecule has 1 fully saturated rings. The molecule has 8 heteroatoms. The molecule has 0 amide bonds. The molecule has 0 saturated carbocycles. The highest BCUT2D eigenvalue weighted by Crippen LogP contribution is 2.38. The fourth-order valence-corrected chi connectivity index (χ4v) is 3.55. The monoisotopic (exact) mass is 359 g/mol. The lowest BCUT2D eigenvalue weighted by molar-refractivity contribution is 0.383. The van der Waals surface area contributed by atoms with Gasteiger partial charge in [-0.1, -0.05) is 6.92 Å². The van der Waals surface area contributed by atoms with Crippen LogP contribution in [-0.4, -0.2) is 39.8 Å². The maximum absolute atomic E-state index is 14.8. The zero-order valence-corrected chi connectivity index (χ0v) is 14.8. The summed E-state index contributed by atoms with van der Waals surface area (Å²) in [6, 6.07) is 2.22. The maximum Gasteiger partial charge on any atom is 0.254 e. The summed E-state index contributed by atoms with van der Waals surface area (Å²) in [6.07, 6.45) is 2.44. The number of aryl methyl sites for hydroxylation is 1. The largest absolute Gasteiger partial charge is 0.494 e. The topological polar surface area (TPSA) is 55.6 Å². The number of methoxy groups -OCH3 is 1. The van der Waals surface area contributed by atoms with Gasteiger partial charge in [-0.05, 0) is 25.3 Å². The van der Waals surface area contributed by atoms with Gasteiger partial charge in [0, 0.05) is 30.3 Å². The van der Waals surface area contributed by atoms with Gasteiger partial charge < -0.3 is 9.64 Å². The number of ether oxygens (including phenoxy) is 1. The summed E-state index contributed by atoms with van der Waals surface area (Å²) in [5.74, 6) is 0.319. The molecule has 136 valence electrons. The van der Waals surface area contributed by atoms with Crippen LogP contribution in [0.5, 0.6) is 5.75 Å². The molecular weight excluding hydrogens is 340 g/mol. The molecule has 26 heavy (non-hydrogen) atoms. The van der Waals surface area contributed by atoms with Gasteiger partial charge in [-0.15, -0.1) is 0 Å². The molecule has 1 atom stereocenters. The number of fused-ring (bicyclic) bond motifs is 1. The van der Waals surface area contributed by atoms with E-state index in [0.717, 1.165) is 31.6 Å². The molecule has 3 aromatic rings. The van der Waals surface area contributed by atoms with Crippen LogP contribution in [0.3, 0.4) is 0 Å². The SMILES string of the molecule is COc1cc(F)c(-c2c(C)nc3ncnn3c2N2CCC(C)C2)cc1F. The van der Waals surface area contributed by atoms with Gasteiger partial charge in [-0.25, -0.2) is 13.8 Å². The molecular formula is C18H19F2N5O. The Labute approximate surface area is 149 Å². The molecule has 0 spiro atoms. The van der Waals surface area contributed by atoms with Crippen molar-refractivity contribution in [2.45, 2.75) is 20.3 Å². The van der Waals surface area contributed by atoms with Crippen LogP contribution in [0.1, 0.15) is 19.0 Å². The molecule has 1 aliphatic heterocycles. The van der Waals surface area contributed by atoms with Crippen LogP contribution in [0.4, 0.5) is 14.6 Å². The maximum atomic E-state index is 14.8. The highest BCUT2D eigenvalue weighted by atomic mass is 19.1. The van der Waals surface area contributed by atoms with Crippen LogP contribution < -0.4 is 9.64 Å². The Balaban J connectivity index is 2.01. The van der Waals surface area contributed by atoms with E-state index >= 15 is 0 Å². The lowest BCUT2D eigenvalue weighted by Crippen LogP contribution is -2.24. The predicted octanol–water partition coefficient (Wildman–Crippen LogP) is 3.23. The molecule has 0 N–H and O–H groups in total. The summed E-state index contributed by atoms with van der Waals surface area (Å²) in [5, 5.41) is 4.26. The van der Waals surface area contributed by atoms with Gasteiger partial charge >= 0.3 is 0 Å². The number of benzene rings is 1. The second-order valence-electron chi connectivity index (χ2n) is 6.67. The van der Waals surface area contributed by atoms with E-state index in [2.05, 4.69) is 26.9 Å². The number of nitrogens with zero attached hydrogens (tertiary/aromatic N) is 5. The van der Waals surface area contributed by atoms with E-state index in [9.17, 15) is 8.78 Å². The first-order chi connectivity index (χ1) is 12.5. The first-order valence-corrected chi connectivity index (χ1v) is 8.48. The summed E-state index contributed by atoms with van der Waals surface area (Å²) < 4.78 is 35.6. The first-order valence-electron chi connectivity index (χ1n) is 8.48. The Kier molecular flexibility index (Phi) is 3.97. The summed E-state index contributed by atoms with van der Waals surface area (Å²) in [6.45, 7) is 5.56. The van der Waals surface area contributed by atoms with E-state index in [-0.39, 0.29) is 11.3 Å². The molecule has 0 radical (unpaired) electrons. The standard InChI is InChI=1S/C18H19F2N5O/c1-10-4-5-24(8-10)17-16(11(2)23-18-21-9-22-25(17)18)12-6-14(20)15(26-3)7-13(12)19/h6-7,9-10H,4-5,8H2,1-3H3. The summed E-state index contributed by atoms with van der Waals surface area (Å²) in [5.41, 5.74) is 1.24. The normalized spacial score (nSPS) is 17.3. The third-order valence-corrected chi connectivity index (χ3v) is 4.82. The molecule has 4 rings (SSSR count). The average Bonchev–Trinajstić information content (AvgIpc) is 3.24. The second-order valence-corrected chi connectivity index (χ2v) is 6.67. The molecule has 1 aliphatic rings. The zero-order valence-electron chi connectivity index (χ0n) is 14.8. The number of hydrogen-bond acceptors (Lipinski definition) is 5. The predicted molar refractivity (Wildman–Crippen MR) is 93.4 cm³/mol. The van der Waals surface area contributed by atoms with Crippen LogP contribution in [0.15, 0.2) is 18.5 Å². The molecule has 6 nitrogen and oxygen atoms in total. The Morgan fingerprint density at radius 3 is 2.73 bits per heavy atom. The highest BCUT2D eigenvalue weighted by Gasteiger charge is 2.28. The third-order valence-electron chi connectivity index (χ3n) is 4.82. The Morgan fingerprint density at radius 2 is 2.04 bits per heavy atom. The Bertz CT molecular complexity index is 987.